The highest BCUT2D eigenvalue weighted by Crippen LogP contribution is 2.32. The van der Waals surface area contributed by atoms with Crippen molar-refractivity contribution < 1.29 is 14.4 Å². The minimum Gasteiger partial charge on any atom is -0.350 e. The van der Waals surface area contributed by atoms with Crippen LogP contribution in [0, 0.1) is 6.92 Å². The van der Waals surface area contributed by atoms with Gasteiger partial charge in [-0.1, -0.05) is 48.9 Å². The van der Waals surface area contributed by atoms with Crippen molar-refractivity contribution in [2.75, 3.05) is 11.1 Å². The van der Waals surface area contributed by atoms with Crippen molar-refractivity contribution in [3.63, 3.8) is 0 Å². The fraction of sp³-hybridized carbons (Fsp3) is 0.250. The van der Waals surface area contributed by atoms with E-state index in [1.54, 1.807) is 36.2 Å². The number of hydrogen-bond donors (Lipinski definition) is 3. The molecule has 0 aliphatic heterocycles. The molecule has 5 aromatic rings. The summed E-state index contributed by atoms with van der Waals surface area (Å²) in [4.78, 5) is 48.1. The summed E-state index contributed by atoms with van der Waals surface area (Å²) < 4.78 is 2.12. The molecule has 2 aromatic heterocycles. The molecule has 0 aliphatic carbocycles. The third kappa shape index (κ3) is 7.29. The van der Waals surface area contributed by atoms with E-state index in [1.165, 1.54) is 5.56 Å². The zero-order valence-electron chi connectivity index (χ0n) is 26.6. The second kappa shape index (κ2) is 14.4. The number of nitrogens with one attached hydrogen (secondary N) is 3. The second-order valence-corrected chi connectivity index (χ2v) is 12.7. The van der Waals surface area contributed by atoms with Crippen LogP contribution in [0.15, 0.2) is 90.0 Å². The first kappa shape index (κ1) is 32.4. The number of hydrogen-bond acceptors (Lipinski definition) is 6. The van der Waals surface area contributed by atoms with E-state index >= 15 is 0 Å². The summed E-state index contributed by atoms with van der Waals surface area (Å²) >= 11 is 1.70. The molecule has 3 N–H and O–H groups in total. The molecule has 2 unspecified atom stereocenters. The van der Waals surface area contributed by atoms with Crippen molar-refractivity contribution in [2.24, 2.45) is 0 Å². The van der Waals surface area contributed by atoms with E-state index in [4.69, 9.17) is 4.98 Å². The molecule has 3 amide bonds. The van der Waals surface area contributed by atoms with Gasteiger partial charge < -0.3 is 20.5 Å². The molecule has 9 nitrogen and oxygen atoms in total. The number of aromatic nitrogens is 3. The third-order valence-electron chi connectivity index (χ3n) is 7.60. The Morgan fingerprint density at radius 3 is 2.28 bits per heavy atom. The summed E-state index contributed by atoms with van der Waals surface area (Å²) in [6.07, 6.45) is 2.10. The first-order valence-electron chi connectivity index (χ1n) is 15.3. The van der Waals surface area contributed by atoms with Gasteiger partial charge in [-0.3, -0.25) is 19.4 Å². The van der Waals surface area contributed by atoms with Gasteiger partial charge in [0.15, 0.2) is 5.82 Å². The predicted molar refractivity (Wildman–Crippen MR) is 184 cm³/mol. The third-order valence-corrected chi connectivity index (χ3v) is 8.49. The number of nitrogens with zero attached hydrogens (tertiary/aromatic N) is 3. The number of aryl methyl sites for hydroxylation is 1. The van der Waals surface area contributed by atoms with Crippen molar-refractivity contribution in [3.05, 3.63) is 107 Å². The van der Waals surface area contributed by atoms with Gasteiger partial charge >= 0.3 is 0 Å². The Bertz CT molecular complexity index is 1830. The standard InChI is InChI=1S/C36H38N6O3S/c1-6-46-29-15-11-26(12-16-29)33(38-21-43)36(45)40-28-14-17-30(37-20-28)34-41-31-19-27(35(44)39-22(2)3)13-18-32(31)42(34)24(5)25-9-7-23(4)8-10-25/h7-22,24,33H,6H2,1-5H3,(H,38,43)(H,39,44)(H,40,45). The maximum Gasteiger partial charge on any atom is 0.251 e. The van der Waals surface area contributed by atoms with Crippen molar-refractivity contribution in [2.45, 2.75) is 57.6 Å². The van der Waals surface area contributed by atoms with Crippen molar-refractivity contribution in [1.29, 1.82) is 0 Å². The Morgan fingerprint density at radius 1 is 0.935 bits per heavy atom. The molecule has 236 valence electrons. The van der Waals surface area contributed by atoms with E-state index < -0.39 is 6.04 Å². The van der Waals surface area contributed by atoms with Gasteiger partial charge in [-0.15, -0.1) is 11.8 Å². The first-order chi connectivity index (χ1) is 22.2. The molecule has 5 rings (SSSR count). The number of pyridine rings is 1. The maximum atomic E-state index is 13.2. The van der Waals surface area contributed by atoms with Gasteiger partial charge in [0.2, 0.25) is 6.41 Å². The van der Waals surface area contributed by atoms with E-state index in [0.717, 1.165) is 21.7 Å². The number of carbonyl (C=O) groups excluding carboxylic acids is 3. The number of fused-ring (bicyclic) bond motifs is 1. The largest absolute Gasteiger partial charge is 0.350 e. The minimum atomic E-state index is -0.862. The number of rotatable bonds is 12. The molecule has 3 aromatic carbocycles. The molecule has 0 fully saturated rings. The quantitative estimate of drug-likeness (QED) is 0.104. The van der Waals surface area contributed by atoms with Crippen LogP contribution < -0.4 is 16.0 Å². The van der Waals surface area contributed by atoms with Crippen LogP contribution in [0.1, 0.15) is 66.8 Å². The Morgan fingerprint density at radius 2 is 1.65 bits per heavy atom. The zero-order valence-corrected chi connectivity index (χ0v) is 27.4. The molecule has 2 atom stereocenters. The van der Waals surface area contributed by atoms with E-state index in [2.05, 4.69) is 70.5 Å². The zero-order chi connectivity index (χ0) is 32.8. The fourth-order valence-corrected chi connectivity index (χ4v) is 5.94. The molecule has 46 heavy (non-hydrogen) atoms. The van der Waals surface area contributed by atoms with E-state index in [1.807, 2.05) is 50.2 Å². The van der Waals surface area contributed by atoms with Gasteiger partial charge in [0.1, 0.15) is 11.7 Å². The topological polar surface area (TPSA) is 118 Å². The predicted octanol–water partition coefficient (Wildman–Crippen LogP) is 6.69. The highest BCUT2D eigenvalue weighted by Gasteiger charge is 2.23. The number of anilines is 1. The first-order valence-corrected chi connectivity index (χ1v) is 16.3. The Balaban J connectivity index is 1.46. The lowest BCUT2D eigenvalue weighted by Crippen LogP contribution is -2.32. The molecule has 0 radical (unpaired) electrons. The fourth-order valence-electron chi connectivity index (χ4n) is 5.28. The molecular formula is C36H38N6O3S. The van der Waals surface area contributed by atoms with Gasteiger partial charge in [0.05, 0.1) is 29.0 Å². The summed E-state index contributed by atoms with van der Waals surface area (Å²) in [7, 11) is 0. The highest BCUT2D eigenvalue weighted by atomic mass is 32.2. The molecule has 0 spiro atoms. The summed E-state index contributed by atoms with van der Waals surface area (Å²) in [6.45, 7) is 10.1. The average Bonchev–Trinajstić information content (AvgIpc) is 3.43. The lowest BCUT2D eigenvalue weighted by atomic mass is 10.1. The second-order valence-electron chi connectivity index (χ2n) is 11.4. The monoisotopic (exact) mass is 634 g/mol. The van der Waals surface area contributed by atoms with E-state index in [0.29, 0.717) is 40.3 Å². The van der Waals surface area contributed by atoms with Crippen molar-refractivity contribution in [3.8, 4) is 11.5 Å². The van der Waals surface area contributed by atoms with Crippen molar-refractivity contribution in [1.82, 2.24) is 25.2 Å². The number of benzene rings is 3. The van der Waals surface area contributed by atoms with Gasteiger partial charge in [-0.2, -0.15) is 0 Å². The average molecular weight is 635 g/mol. The summed E-state index contributed by atoms with van der Waals surface area (Å²) in [5, 5.41) is 8.44. The number of thioether (sulfide) groups is 1. The molecule has 10 heteroatoms. The van der Waals surface area contributed by atoms with Gasteiger partial charge in [0, 0.05) is 16.5 Å². The molecular weight excluding hydrogens is 597 g/mol. The highest BCUT2D eigenvalue weighted by molar-refractivity contribution is 7.99. The van der Waals surface area contributed by atoms with Crippen LogP contribution in [0.2, 0.25) is 0 Å². The Labute approximate surface area is 273 Å². The van der Waals surface area contributed by atoms with Crippen LogP contribution in [-0.4, -0.2) is 44.6 Å². The van der Waals surface area contributed by atoms with Gasteiger partial charge in [0.25, 0.3) is 11.8 Å². The number of carbonyl (C=O) groups is 3. The molecule has 0 aliphatic rings. The van der Waals surface area contributed by atoms with Crippen LogP contribution in [-0.2, 0) is 9.59 Å². The lowest BCUT2D eigenvalue weighted by molar-refractivity contribution is -0.121. The lowest BCUT2D eigenvalue weighted by Gasteiger charge is -2.19. The number of imidazole rings is 1. The van der Waals surface area contributed by atoms with Crippen LogP contribution >= 0.6 is 11.8 Å². The van der Waals surface area contributed by atoms with Crippen molar-refractivity contribution >= 4 is 46.7 Å². The maximum absolute atomic E-state index is 13.2. The summed E-state index contributed by atoms with van der Waals surface area (Å²) in [5.74, 6) is 1.03. The Kier molecular flexibility index (Phi) is 10.2. The summed E-state index contributed by atoms with van der Waals surface area (Å²) in [5.41, 5.74) is 6.11. The smallest absolute Gasteiger partial charge is 0.251 e. The van der Waals surface area contributed by atoms with Crippen LogP contribution in [0.3, 0.4) is 0 Å². The number of amides is 3. The molecule has 0 bridgehead atoms. The van der Waals surface area contributed by atoms with E-state index in [9.17, 15) is 14.4 Å². The molecule has 0 saturated heterocycles. The molecule has 0 saturated carbocycles. The van der Waals surface area contributed by atoms with Gasteiger partial charge in [-0.25, -0.2) is 4.98 Å². The van der Waals surface area contributed by atoms with Crippen LogP contribution in [0.25, 0.3) is 22.6 Å². The molecule has 2 heterocycles. The normalized spacial score (nSPS) is 12.5. The Hall–Kier alpha value is -4.96. The minimum absolute atomic E-state index is 0.0102. The van der Waals surface area contributed by atoms with E-state index in [-0.39, 0.29) is 23.9 Å². The SMILES string of the molecule is CCSc1ccc(C(NC=O)C(=O)Nc2ccc(-c3nc4cc(C(=O)NC(C)C)ccc4n3C(C)c3ccc(C)cc3)nc2)cc1. The van der Waals surface area contributed by atoms with Gasteiger partial charge in [-0.05, 0) is 87.0 Å². The summed E-state index contributed by atoms with van der Waals surface area (Å²) in [6, 6.07) is 24.1. The van der Waals surface area contributed by atoms with Crippen LogP contribution in [0.5, 0.6) is 0 Å². The van der Waals surface area contributed by atoms with Crippen LogP contribution in [0.4, 0.5) is 5.69 Å².